The number of amides is 1. The third-order valence-corrected chi connectivity index (χ3v) is 3.33. The van der Waals surface area contributed by atoms with Crippen LogP contribution in [-0.4, -0.2) is 66.9 Å². The van der Waals surface area contributed by atoms with Crippen molar-refractivity contribution in [3.05, 3.63) is 0 Å². The van der Waals surface area contributed by atoms with Crippen LogP contribution in [0, 0.1) is 11.3 Å². The van der Waals surface area contributed by atoms with Crippen molar-refractivity contribution >= 4 is 11.7 Å². The Labute approximate surface area is 106 Å². The molecule has 0 bridgehead atoms. The standard InChI is InChI=1S/C12H17N3O3/c13-7-11-8-14(5-6-18-11)9-12(17)15-3-1-10(16)2-4-15/h11H,1-6,8-9H2. The van der Waals surface area contributed by atoms with Gasteiger partial charge in [-0.25, -0.2) is 0 Å². The first kappa shape index (κ1) is 13.0. The van der Waals surface area contributed by atoms with Crippen LogP contribution < -0.4 is 0 Å². The molecule has 1 unspecified atom stereocenters. The molecule has 0 N–H and O–H groups in total. The fourth-order valence-electron chi connectivity index (χ4n) is 2.22. The van der Waals surface area contributed by atoms with Gasteiger partial charge in [-0.1, -0.05) is 0 Å². The van der Waals surface area contributed by atoms with Gasteiger partial charge in [-0.3, -0.25) is 14.5 Å². The van der Waals surface area contributed by atoms with E-state index in [1.54, 1.807) is 4.90 Å². The van der Waals surface area contributed by atoms with Crippen molar-refractivity contribution in [2.45, 2.75) is 18.9 Å². The topological polar surface area (TPSA) is 73.6 Å². The third-order valence-electron chi connectivity index (χ3n) is 3.33. The number of carbonyl (C=O) groups excluding carboxylic acids is 2. The number of rotatable bonds is 2. The van der Waals surface area contributed by atoms with E-state index in [1.807, 2.05) is 4.90 Å². The van der Waals surface area contributed by atoms with Gasteiger partial charge in [-0.05, 0) is 0 Å². The third kappa shape index (κ3) is 3.28. The highest BCUT2D eigenvalue weighted by Crippen LogP contribution is 2.09. The van der Waals surface area contributed by atoms with Crippen LogP contribution in [0.15, 0.2) is 0 Å². The van der Waals surface area contributed by atoms with Crippen molar-refractivity contribution in [1.29, 1.82) is 5.26 Å². The van der Waals surface area contributed by atoms with Gasteiger partial charge in [0.2, 0.25) is 5.91 Å². The highest BCUT2D eigenvalue weighted by atomic mass is 16.5. The number of nitrogens with zero attached hydrogens (tertiary/aromatic N) is 3. The number of morpholine rings is 1. The Morgan fingerprint density at radius 1 is 1.39 bits per heavy atom. The van der Waals surface area contributed by atoms with E-state index >= 15 is 0 Å². The second-order valence-corrected chi connectivity index (χ2v) is 4.64. The molecule has 2 aliphatic heterocycles. The number of ketones is 1. The molecule has 0 aliphatic carbocycles. The van der Waals surface area contributed by atoms with E-state index in [0.717, 1.165) is 0 Å². The minimum atomic E-state index is -0.436. The molecule has 0 radical (unpaired) electrons. The van der Waals surface area contributed by atoms with Crippen LogP contribution in [0.3, 0.4) is 0 Å². The second-order valence-electron chi connectivity index (χ2n) is 4.64. The Balaban J connectivity index is 1.80. The number of ether oxygens (including phenoxy) is 1. The number of likely N-dealkylation sites (tertiary alicyclic amines) is 1. The fourth-order valence-corrected chi connectivity index (χ4v) is 2.22. The number of hydrogen-bond acceptors (Lipinski definition) is 5. The van der Waals surface area contributed by atoms with Crippen molar-refractivity contribution in [2.24, 2.45) is 0 Å². The summed E-state index contributed by atoms with van der Waals surface area (Å²) in [6.07, 6.45) is 0.500. The average Bonchev–Trinajstić information content (AvgIpc) is 2.39. The van der Waals surface area contributed by atoms with E-state index in [1.165, 1.54) is 0 Å². The molecule has 6 heteroatoms. The van der Waals surface area contributed by atoms with Crippen LogP contribution in [0.25, 0.3) is 0 Å². The van der Waals surface area contributed by atoms with E-state index in [9.17, 15) is 9.59 Å². The maximum atomic E-state index is 12.0. The second kappa shape index (κ2) is 5.94. The van der Waals surface area contributed by atoms with Crippen LogP contribution in [0.2, 0.25) is 0 Å². The molecule has 98 valence electrons. The first-order chi connectivity index (χ1) is 8.69. The van der Waals surface area contributed by atoms with Gasteiger partial charge >= 0.3 is 0 Å². The molecule has 0 aromatic rings. The minimum absolute atomic E-state index is 0.0427. The number of hydrogen-bond donors (Lipinski definition) is 0. The van der Waals surface area contributed by atoms with Crippen LogP contribution in [0.1, 0.15) is 12.8 Å². The molecule has 1 atom stereocenters. The molecular weight excluding hydrogens is 234 g/mol. The lowest BCUT2D eigenvalue weighted by molar-refractivity contribution is -0.136. The normalized spacial score (nSPS) is 25.8. The average molecular weight is 251 g/mol. The summed E-state index contributed by atoms with van der Waals surface area (Å²) in [6.45, 7) is 3.03. The highest BCUT2D eigenvalue weighted by Gasteiger charge is 2.25. The summed E-state index contributed by atoms with van der Waals surface area (Å²) in [5, 5.41) is 8.79. The van der Waals surface area contributed by atoms with Crippen molar-refractivity contribution in [1.82, 2.24) is 9.80 Å². The quantitative estimate of drug-likeness (QED) is 0.655. The molecule has 0 aromatic heterocycles. The largest absolute Gasteiger partial charge is 0.361 e. The molecule has 0 spiro atoms. The Hall–Kier alpha value is -1.45. The fraction of sp³-hybridized carbons (Fsp3) is 0.750. The van der Waals surface area contributed by atoms with E-state index < -0.39 is 6.10 Å². The summed E-state index contributed by atoms with van der Waals surface area (Å²) in [7, 11) is 0. The Bertz CT molecular complexity index is 367. The lowest BCUT2D eigenvalue weighted by Crippen LogP contribution is -2.49. The van der Waals surface area contributed by atoms with E-state index in [4.69, 9.17) is 10.00 Å². The first-order valence-electron chi connectivity index (χ1n) is 6.22. The Morgan fingerprint density at radius 3 is 2.78 bits per heavy atom. The summed E-state index contributed by atoms with van der Waals surface area (Å²) < 4.78 is 5.23. The number of nitriles is 1. The first-order valence-corrected chi connectivity index (χ1v) is 6.22. The van der Waals surface area contributed by atoms with Gasteiger partial charge in [0, 0.05) is 39.0 Å². The lowest BCUT2D eigenvalue weighted by Gasteiger charge is -2.32. The minimum Gasteiger partial charge on any atom is -0.361 e. The molecule has 1 amide bonds. The maximum Gasteiger partial charge on any atom is 0.236 e. The van der Waals surface area contributed by atoms with E-state index in [-0.39, 0.29) is 11.7 Å². The zero-order chi connectivity index (χ0) is 13.0. The molecule has 2 rings (SSSR count). The lowest BCUT2D eigenvalue weighted by atomic mass is 10.1. The predicted molar refractivity (Wildman–Crippen MR) is 62.6 cm³/mol. The van der Waals surface area contributed by atoms with Gasteiger partial charge in [-0.15, -0.1) is 0 Å². The summed E-state index contributed by atoms with van der Waals surface area (Å²) in [5.41, 5.74) is 0. The number of Topliss-reactive ketones (excluding diaryl/α,β-unsaturated/α-hetero) is 1. The van der Waals surface area contributed by atoms with Crippen LogP contribution in [0.4, 0.5) is 0 Å². The molecule has 6 nitrogen and oxygen atoms in total. The predicted octanol–water partition coefficient (Wildman–Crippen LogP) is -0.598. The van der Waals surface area contributed by atoms with Gasteiger partial charge in [0.05, 0.1) is 19.2 Å². The Kier molecular flexibility index (Phi) is 4.28. The summed E-state index contributed by atoms with van der Waals surface area (Å²) in [5.74, 6) is 0.274. The number of piperidine rings is 1. The van der Waals surface area contributed by atoms with Crippen molar-refractivity contribution in [2.75, 3.05) is 39.3 Å². The van der Waals surface area contributed by atoms with E-state index in [0.29, 0.717) is 52.2 Å². The monoisotopic (exact) mass is 251 g/mol. The zero-order valence-electron chi connectivity index (χ0n) is 10.3. The van der Waals surface area contributed by atoms with Crippen molar-refractivity contribution in [3.63, 3.8) is 0 Å². The van der Waals surface area contributed by atoms with E-state index in [2.05, 4.69) is 6.07 Å². The van der Waals surface area contributed by atoms with Gasteiger partial charge in [0.15, 0.2) is 6.10 Å². The molecular formula is C12H17N3O3. The Morgan fingerprint density at radius 2 is 2.11 bits per heavy atom. The van der Waals surface area contributed by atoms with Crippen LogP contribution in [-0.2, 0) is 14.3 Å². The summed E-state index contributed by atoms with van der Waals surface area (Å²) in [6, 6.07) is 2.06. The molecule has 2 aliphatic rings. The van der Waals surface area contributed by atoms with Gasteiger partial charge in [0.1, 0.15) is 5.78 Å². The van der Waals surface area contributed by atoms with Crippen LogP contribution >= 0.6 is 0 Å². The molecule has 2 heterocycles. The van der Waals surface area contributed by atoms with Crippen LogP contribution in [0.5, 0.6) is 0 Å². The molecule has 2 fully saturated rings. The SMILES string of the molecule is N#CC1CN(CC(=O)N2CCC(=O)CC2)CCO1. The summed E-state index contributed by atoms with van der Waals surface area (Å²) in [4.78, 5) is 26.8. The molecule has 2 saturated heterocycles. The van der Waals surface area contributed by atoms with Gasteiger partial charge in [0.25, 0.3) is 0 Å². The highest BCUT2D eigenvalue weighted by molar-refractivity contribution is 5.84. The van der Waals surface area contributed by atoms with Gasteiger partial charge < -0.3 is 9.64 Å². The van der Waals surface area contributed by atoms with Crippen molar-refractivity contribution < 1.29 is 14.3 Å². The smallest absolute Gasteiger partial charge is 0.236 e. The van der Waals surface area contributed by atoms with Gasteiger partial charge in [-0.2, -0.15) is 5.26 Å². The molecule has 0 saturated carbocycles. The molecule has 0 aromatic carbocycles. The number of carbonyl (C=O) groups is 2. The zero-order valence-corrected chi connectivity index (χ0v) is 10.3. The van der Waals surface area contributed by atoms with Crippen molar-refractivity contribution in [3.8, 4) is 6.07 Å². The molecule has 18 heavy (non-hydrogen) atoms. The summed E-state index contributed by atoms with van der Waals surface area (Å²) >= 11 is 0. The maximum absolute atomic E-state index is 12.0.